The average Bonchev–Trinajstić information content (AvgIpc) is 3.05. The lowest BCUT2D eigenvalue weighted by atomic mass is 10.1. The molecule has 0 atom stereocenters. The van der Waals surface area contributed by atoms with Crippen LogP contribution in [-0.4, -0.2) is 31.2 Å². The second-order valence-electron chi connectivity index (χ2n) is 5.57. The topological polar surface area (TPSA) is 84.9 Å². The summed E-state index contributed by atoms with van der Waals surface area (Å²) in [4.78, 5) is 23.7. The number of benzene rings is 2. The normalized spacial score (nSPS) is 10.5. The number of aromatic carboxylic acids is 1. The molecule has 0 bridgehead atoms. The molecular weight excluding hydrogens is 354 g/mol. The summed E-state index contributed by atoms with van der Waals surface area (Å²) in [5, 5.41) is 12.7. The van der Waals surface area contributed by atoms with Gasteiger partial charge in [-0.15, -0.1) is 11.3 Å². The van der Waals surface area contributed by atoms with Crippen molar-refractivity contribution in [3.8, 4) is 11.5 Å². The first-order valence-electron chi connectivity index (χ1n) is 7.78. The molecule has 2 N–H and O–H groups in total. The second-order valence-corrected chi connectivity index (χ2v) is 6.65. The van der Waals surface area contributed by atoms with Gasteiger partial charge in [-0.3, -0.25) is 4.79 Å². The van der Waals surface area contributed by atoms with Crippen LogP contribution in [0.4, 0.5) is 5.69 Å². The second kappa shape index (κ2) is 7.45. The monoisotopic (exact) mass is 371 g/mol. The Morgan fingerprint density at radius 3 is 2.58 bits per heavy atom. The molecule has 7 heteroatoms. The van der Waals surface area contributed by atoms with E-state index in [1.807, 2.05) is 0 Å². The molecule has 3 aromatic rings. The first-order valence-corrected chi connectivity index (χ1v) is 8.59. The Balaban J connectivity index is 1.77. The maximum atomic E-state index is 12.4. The number of carbonyl (C=O) groups excluding carboxylic acids is 1. The third-order valence-corrected chi connectivity index (χ3v) is 4.95. The zero-order valence-electron chi connectivity index (χ0n) is 14.2. The number of carboxylic acids is 1. The van der Waals surface area contributed by atoms with E-state index in [4.69, 9.17) is 14.6 Å². The van der Waals surface area contributed by atoms with Gasteiger partial charge in [0.05, 0.1) is 20.6 Å². The lowest BCUT2D eigenvalue weighted by Crippen LogP contribution is -2.15. The number of carboxylic acid groups (broad SMARTS) is 1. The Kier molecular flexibility index (Phi) is 5.09. The van der Waals surface area contributed by atoms with Gasteiger partial charge in [0.25, 0.3) is 0 Å². The number of ether oxygens (including phenoxy) is 2. The van der Waals surface area contributed by atoms with Gasteiger partial charge in [-0.25, -0.2) is 4.79 Å². The number of nitrogens with one attached hydrogen (secondary N) is 1. The van der Waals surface area contributed by atoms with Crippen LogP contribution in [0.5, 0.6) is 11.5 Å². The van der Waals surface area contributed by atoms with Crippen molar-refractivity contribution < 1.29 is 24.2 Å². The minimum absolute atomic E-state index is 0.127. The summed E-state index contributed by atoms with van der Waals surface area (Å²) in [5.41, 5.74) is 1.33. The van der Waals surface area contributed by atoms with Crippen molar-refractivity contribution in [3.05, 3.63) is 52.9 Å². The van der Waals surface area contributed by atoms with E-state index in [0.717, 1.165) is 10.1 Å². The van der Waals surface area contributed by atoms with Crippen LogP contribution in [-0.2, 0) is 11.2 Å². The molecule has 0 aliphatic heterocycles. The summed E-state index contributed by atoms with van der Waals surface area (Å²) >= 11 is 1.20. The first-order chi connectivity index (χ1) is 12.5. The third kappa shape index (κ3) is 3.78. The molecule has 0 spiro atoms. The molecule has 0 radical (unpaired) electrons. The highest BCUT2D eigenvalue weighted by molar-refractivity contribution is 7.20. The zero-order valence-corrected chi connectivity index (χ0v) is 15.1. The van der Waals surface area contributed by atoms with Crippen LogP contribution in [0.3, 0.4) is 0 Å². The van der Waals surface area contributed by atoms with Gasteiger partial charge in [0, 0.05) is 16.0 Å². The maximum Gasteiger partial charge on any atom is 0.345 e. The molecule has 1 heterocycles. The number of hydrogen-bond donors (Lipinski definition) is 2. The van der Waals surface area contributed by atoms with Crippen LogP contribution in [0.1, 0.15) is 15.2 Å². The summed E-state index contributed by atoms with van der Waals surface area (Å²) in [6.45, 7) is 0. The smallest absolute Gasteiger partial charge is 0.345 e. The number of rotatable bonds is 6. The largest absolute Gasteiger partial charge is 0.497 e. The van der Waals surface area contributed by atoms with Crippen molar-refractivity contribution in [2.45, 2.75) is 6.42 Å². The summed E-state index contributed by atoms with van der Waals surface area (Å²) in [5.74, 6) is 0.0984. The van der Waals surface area contributed by atoms with Crippen LogP contribution < -0.4 is 14.8 Å². The Labute approximate surface area is 154 Å². The molecule has 1 aromatic heterocycles. The number of hydrogen-bond acceptors (Lipinski definition) is 5. The van der Waals surface area contributed by atoms with Crippen molar-refractivity contribution in [3.63, 3.8) is 0 Å². The summed E-state index contributed by atoms with van der Waals surface area (Å²) in [6.07, 6.45) is 0.127. The van der Waals surface area contributed by atoms with E-state index >= 15 is 0 Å². The van der Waals surface area contributed by atoms with E-state index in [1.165, 1.54) is 11.3 Å². The Morgan fingerprint density at radius 1 is 1.08 bits per heavy atom. The van der Waals surface area contributed by atoms with E-state index in [9.17, 15) is 9.59 Å². The van der Waals surface area contributed by atoms with Gasteiger partial charge in [0.2, 0.25) is 5.91 Å². The first kappa shape index (κ1) is 17.8. The lowest BCUT2D eigenvalue weighted by Gasteiger charge is -2.11. The Hall–Kier alpha value is -3.06. The van der Waals surface area contributed by atoms with Crippen LogP contribution in [0.15, 0.2) is 42.5 Å². The van der Waals surface area contributed by atoms with Crippen molar-refractivity contribution >= 4 is 39.0 Å². The third-order valence-electron chi connectivity index (χ3n) is 3.85. The van der Waals surface area contributed by atoms with Crippen LogP contribution in [0.25, 0.3) is 10.1 Å². The molecule has 1 amide bonds. The zero-order chi connectivity index (χ0) is 18.7. The standard InChI is InChI=1S/C19H17NO5S/c1-24-14-4-5-15(25-2)11(8-14)10-18(21)20-13-3-6-16-12(7-13)9-17(26-16)19(22)23/h3-9H,10H2,1-2H3,(H,20,21)(H,22,23). The fourth-order valence-electron chi connectivity index (χ4n) is 2.62. The molecule has 0 aliphatic carbocycles. The molecule has 6 nitrogen and oxygen atoms in total. The number of amides is 1. The van der Waals surface area contributed by atoms with Crippen molar-refractivity contribution in [2.75, 3.05) is 19.5 Å². The molecular formula is C19H17NO5S. The SMILES string of the molecule is COc1ccc(OC)c(CC(=O)Nc2ccc3sc(C(=O)O)cc3c2)c1. The number of anilines is 1. The highest BCUT2D eigenvalue weighted by Gasteiger charge is 2.12. The van der Waals surface area contributed by atoms with Gasteiger partial charge in [-0.1, -0.05) is 0 Å². The summed E-state index contributed by atoms with van der Waals surface area (Å²) in [6, 6.07) is 12.2. The molecule has 0 fully saturated rings. The van der Waals surface area contributed by atoms with Gasteiger partial charge in [-0.05, 0) is 47.9 Å². The molecule has 2 aromatic carbocycles. The minimum atomic E-state index is -0.957. The van der Waals surface area contributed by atoms with Gasteiger partial charge in [0.1, 0.15) is 16.4 Å². The van der Waals surface area contributed by atoms with Crippen LogP contribution in [0, 0.1) is 0 Å². The van der Waals surface area contributed by atoms with E-state index < -0.39 is 5.97 Å². The van der Waals surface area contributed by atoms with E-state index in [1.54, 1.807) is 56.7 Å². The predicted octanol–water partition coefficient (Wildman–Crippen LogP) is 3.80. The van der Waals surface area contributed by atoms with Gasteiger partial charge in [-0.2, -0.15) is 0 Å². The number of thiophene rings is 1. The van der Waals surface area contributed by atoms with Crippen LogP contribution >= 0.6 is 11.3 Å². The van der Waals surface area contributed by atoms with Crippen molar-refractivity contribution in [1.82, 2.24) is 0 Å². The van der Waals surface area contributed by atoms with E-state index in [-0.39, 0.29) is 17.2 Å². The molecule has 0 saturated heterocycles. The van der Waals surface area contributed by atoms with Gasteiger partial charge >= 0.3 is 5.97 Å². The summed E-state index contributed by atoms with van der Waals surface area (Å²) in [7, 11) is 3.11. The van der Waals surface area contributed by atoms with Gasteiger partial charge < -0.3 is 19.9 Å². The molecule has 0 unspecified atom stereocenters. The van der Waals surface area contributed by atoms with Crippen molar-refractivity contribution in [1.29, 1.82) is 0 Å². The fraction of sp³-hybridized carbons (Fsp3) is 0.158. The molecule has 0 saturated carbocycles. The van der Waals surface area contributed by atoms with Gasteiger partial charge in [0.15, 0.2) is 0 Å². The van der Waals surface area contributed by atoms with Crippen LogP contribution in [0.2, 0.25) is 0 Å². The number of fused-ring (bicyclic) bond motifs is 1. The quantitative estimate of drug-likeness (QED) is 0.688. The molecule has 134 valence electrons. The molecule has 0 aliphatic rings. The molecule has 3 rings (SSSR count). The average molecular weight is 371 g/mol. The maximum absolute atomic E-state index is 12.4. The number of carbonyl (C=O) groups is 2. The van der Waals surface area contributed by atoms with Crippen molar-refractivity contribution in [2.24, 2.45) is 0 Å². The predicted molar refractivity (Wildman–Crippen MR) is 101 cm³/mol. The highest BCUT2D eigenvalue weighted by Crippen LogP contribution is 2.29. The number of methoxy groups -OCH3 is 2. The lowest BCUT2D eigenvalue weighted by molar-refractivity contribution is -0.115. The summed E-state index contributed by atoms with van der Waals surface area (Å²) < 4.78 is 11.3. The minimum Gasteiger partial charge on any atom is -0.497 e. The van der Waals surface area contributed by atoms with E-state index in [0.29, 0.717) is 22.7 Å². The fourth-order valence-corrected chi connectivity index (χ4v) is 3.51. The Morgan fingerprint density at radius 2 is 1.88 bits per heavy atom. The Bertz CT molecular complexity index is 979. The highest BCUT2D eigenvalue weighted by atomic mass is 32.1. The molecule has 26 heavy (non-hydrogen) atoms. The van der Waals surface area contributed by atoms with E-state index in [2.05, 4.69) is 5.32 Å².